The van der Waals surface area contributed by atoms with Crippen LogP contribution >= 0.6 is 0 Å². The summed E-state index contributed by atoms with van der Waals surface area (Å²) >= 11 is 0. The molecule has 24 heavy (non-hydrogen) atoms. The van der Waals surface area contributed by atoms with Gasteiger partial charge in [-0.05, 0) is 32.6 Å². The van der Waals surface area contributed by atoms with Crippen molar-refractivity contribution in [2.45, 2.75) is 69.8 Å². The van der Waals surface area contributed by atoms with E-state index in [4.69, 9.17) is 4.74 Å². The number of amides is 1. The highest BCUT2D eigenvalue weighted by Gasteiger charge is 2.43. The highest BCUT2D eigenvalue weighted by Crippen LogP contribution is 2.34. The number of piperidine rings is 1. The zero-order valence-corrected chi connectivity index (χ0v) is 14.4. The summed E-state index contributed by atoms with van der Waals surface area (Å²) in [6.45, 7) is 3.88. The highest BCUT2D eigenvalue weighted by atomic mass is 16.5. The Morgan fingerprint density at radius 3 is 2.50 bits per heavy atom. The van der Waals surface area contributed by atoms with Gasteiger partial charge in [0.05, 0.1) is 0 Å². The van der Waals surface area contributed by atoms with Crippen molar-refractivity contribution in [2.75, 3.05) is 19.7 Å². The fourth-order valence-corrected chi connectivity index (χ4v) is 4.06. The minimum Gasteiger partial charge on any atom is -0.365 e. The molecule has 1 saturated heterocycles. The van der Waals surface area contributed by atoms with Gasteiger partial charge in [-0.1, -0.05) is 30.8 Å². The van der Waals surface area contributed by atoms with E-state index in [1.165, 1.54) is 12.8 Å². The molecule has 134 valence electrons. The molecule has 0 radical (unpaired) electrons. The number of nitrogens with zero attached hydrogens (tertiary/aromatic N) is 2. The molecule has 1 saturated carbocycles. The van der Waals surface area contributed by atoms with E-state index in [1.54, 1.807) is 0 Å². The summed E-state index contributed by atoms with van der Waals surface area (Å²) in [5, 5.41) is 3.78. The molecule has 1 aromatic heterocycles. The van der Waals surface area contributed by atoms with Crippen LogP contribution in [-0.2, 0) is 9.53 Å². The van der Waals surface area contributed by atoms with Crippen molar-refractivity contribution in [3.63, 3.8) is 0 Å². The monoisotopic (exact) mass is 337 g/mol. The molecular formula is C17H27N3O4. The van der Waals surface area contributed by atoms with E-state index in [9.17, 15) is 9.59 Å². The van der Waals surface area contributed by atoms with Gasteiger partial charge in [-0.15, -0.1) is 0 Å². The van der Waals surface area contributed by atoms with Crippen LogP contribution in [-0.4, -0.2) is 46.2 Å². The minimum absolute atomic E-state index is 0.151. The third-order valence-corrected chi connectivity index (χ3v) is 5.35. The molecule has 0 atom stereocenters. The molecule has 1 aromatic rings. The molecule has 2 aliphatic rings. The summed E-state index contributed by atoms with van der Waals surface area (Å²) in [7, 11) is 0. The molecule has 0 unspecified atom stereocenters. The van der Waals surface area contributed by atoms with Crippen LogP contribution in [0.1, 0.15) is 70.0 Å². The van der Waals surface area contributed by atoms with Gasteiger partial charge in [0.2, 0.25) is 0 Å². The van der Waals surface area contributed by atoms with Gasteiger partial charge in [0.25, 0.3) is 5.91 Å². The Morgan fingerprint density at radius 1 is 1.29 bits per heavy atom. The lowest BCUT2D eigenvalue weighted by Gasteiger charge is -2.39. The van der Waals surface area contributed by atoms with Crippen molar-refractivity contribution >= 4 is 5.91 Å². The smallest absolute Gasteiger partial charge is 0.365 e. The van der Waals surface area contributed by atoms with Gasteiger partial charge < -0.3 is 9.64 Å². The standard InChI is InChI=1S/C17H27N3O4/c1-2-23-17(9-5-3-4-6-10-17)15(21)20-11-7-13(8-12-20)14-18-16(22)24-19-14/h13H,2-12H2,1H3,(H,18,19,22). The molecule has 0 bridgehead atoms. The Labute approximate surface area is 141 Å². The number of carbonyl (C=O) groups is 1. The number of likely N-dealkylation sites (tertiary alicyclic amines) is 1. The molecule has 1 N–H and O–H groups in total. The minimum atomic E-state index is -0.625. The normalized spacial score (nSPS) is 22.3. The van der Waals surface area contributed by atoms with Crippen LogP contribution in [0.2, 0.25) is 0 Å². The van der Waals surface area contributed by atoms with Crippen molar-refractivity contribution in [3.8, 4) is 0 Å². The number of aromatic amines is 1. The summed E-state index contributed by atoms with van der Waals surface area (Å²) in [6.07, 6.45) is 7.72. The zero-order chi connectivity index (χ0) is 17.0. The van der Waals surface area contributed by atoms with Gasteiger partial charge in [0, 0.05) is 25.6 Å². The number of carbonyl (C=O) groups excluding carboxylic acids is 1. The number of rotatable bonds is 4. The first-order chi connectivity index (χ1) is 11.6. The Balaban J connectivity index is 1.65. The molecule has 0 aromatic carbocycles. The number of H-pyrrole nitrogens is 1. The van der Waals surface area contributed by atoms with E-state index in [-0.39, 0.29) is 11.8 Å². The molecule has 1 amide bonds. The third-order valence-electron chi connectivity index (χ3n) is 5.35. The lowest BCUT2D eigenvalue weighted by molar-refractivity contribution is -0.161. The largest absolute Gasteiger partial charge is 0.438 e. The van der Waals surface area contributed by atoms with Gasteiger partial charge in [-0.2, -0.15) is 0 Å². The van der Waals surface area contributed by atoms with Crippen LogP contribution in [0, 0.1) is 0 Å². The summed E-state index contributed by atoms with van der Waals surface area (Å²) < 4.78 is 10.6. The quantitative estimate of drug-likeness (QED) is 0.851. The summed E-state index contributed by atoms with van der Waals surface area (Å²) in [4.78, 5) is 28.8. The predicted molar refractivity (Wildman–Crippen MR) is 87.7 cm³/mol. The molecule has 2 heterocycles. The second-order valence-corrected chi connectivity index (χ2v) is 6.89. The fraction of sp³-hybridized carbons (Fsp3) is 0.824. The number of ether oxygens (including phenoxy) is 1. The van der Waals surface area contributed by atoms with Gasteiger partial charge in [0.15, 0.2) is 5.82 Å². The molecule has 1 aliphatic heterocycles. The van der Waals surface area contributed by atoms with Crippen molar-refractivity contribution < 1.29 is 14.1 Å². The maximum Gasteiger partial charge on any atom is 0.438 e. The number of aromatic nitrogens is 2. The van der Waals surface area contributed by atoms with Crippen molar-refractivity contribution in [1.82, 2.24) is 15.0 Å². The van der Waals surface area contributed by atoms with E-state index < -0.39 is 11.4 Å². The second-order valence-electron chi connectivity index (χ2n) is 6.89. The molecule has 3 rings (SSSR count). The van der Waals surface area contributed by atoms with Crippen LogP contribution in [0.15, 0.2) is 9.32 Å². The van der Waals surface area contributed by atoms with E-state index in [1.807, 2.05) is 11.8 Å². The van der Waals surface area contributed by atoms with Gasteiger partial charge in [0.1, 0.15) is 5.60 Å². The first-order valence-corrected chi connectivity index (χ1v) is 9.14. The SMILES string of the molecule is CCOC1(C(=O)N2CCC(c3noc(=O)[nH]3)CC2)CCCCCC1. The van der Waals surface area contributed by atoms with E-state index in [2.05, 4.69) is 14.7 Å². The topological polar surface area (TPSA) is 88.4 Å². The Bertz CT molecular complexity index is 593. The average Bonchev–Trinajstić information content (AvgIpc) is 2.89. The number of nitrogens with one attached hydrogen (secondary N) is 1. The molecule has 7 heteroatoms. The zero-order valence-electron chi connectivity index (χ0n) is 14.4. The maximum atomic E-state index is 13.2. The van der Waals surface area contributed by atoms with Crippen LogP contribution in [0.25, 0.3) is 0 Å². The number of hydrogen-bond acceptors (Lipinski definition) is 5. The third kappa shape index (κ3) is 3.55. The van der Waals surface area contributed by atoms with Gasteiger partial charge >= 0.3 is 5.76 Å². The second kappa shape index (κ2) is 7.51. The Kier molecular flexibility index (Phi) is 5.38. The van der Waals surface area contributed by atoms with Crippen molar-refractivity contribution in [3.05, 3.63) is 16.4 Å². The first-order valence-electron chi connectivity index (χ1n) is 9.14. The molecule has 1 aliphatic carbocycles. The molecule has 2 fully saturated rings. The molecule has 0 spiro atoms. The van der Waals surface area contributed by atoms with Crippen molar-refractivity contribution in [1.29, 1.82) is 0 Å². The Hall–Kier alpha value is -1.63. The van der Waals surface area contributed by atoms with Crippen LogP contribution in [0.4, 0.5) is 0 Å². The van der Waals surface area contributed by atoms with Crippen LogP contribution < -0.4 is 5.76 Å². The summed E-state index contributed by atoms with van der Waals surface area (Å²) in [5.41, 5.74) is -0.625. The first kappa shape index (κ1) is 17.2. The lowest BCUT2D eigenvalue weighted by Crippen LogP contribution is -2.52. The van der Waals surface area contributed by atoms with Crippen LogP contribution in [0.3, 0.4) is 0 Å². The van der Waals surface area contributed by atoms with Gasteiger partial charge in [-0.25, -0.2) is 4.79 Å². The fourth-order valence-electron chi connectivity index (χ4n) is 4.06. The molecule has 7 nitrogen and oxygen atoms in total. The highest BCUT2D eigenvalue weighted by molar-refractivity contribution is 5.85. The number of hydrogen-bond donors (Lipinski definition) is 1. The predicted octanol–water partition coefficient (Wildman–Crippen LogP) is 2.20. The summed E-state index contributed by atoms with van der Waals surface area (Å²) in [5.74, 6) is 0.384. The molecular weight excluding hydrogens is 310 g/mol. The van der Waals surface area contributed by atoms with Crippen LogP contribution in [0.5, 0.6) is 0 Å². The van der Waals surface area contributed by atoms with E-state index in [0.717, 1.165) is 38.5 Å². The summed E-state index contributed by atoms with van der Waals surface area (Å²) in [6, 6.07) is 0. The van der Waals surface area contributed by atoms with Crippen molar-refractivity contribution in [2.24, 2.45) is 0 Å². The maximum absolute atomic E-state index is 13.2. The lowest BCUT2D eigenvalue weighted by atomic mass is 9.89. The average molecular weight is 337 g/mol. The van der Waals surface area contributed by atoms with E-state index >= 15 is 0 Å². The Morgan fingerprint density at radius 2 is 1.96 bits per heavy atom. The van der Waals surface area contributed by atoms with E-state index in [0.29, 0.717) is 25.5 Å². The van der Waals surface area contributed by atoms with Gasteiger partial charge in [-0.3, -0.25) is 14.3 Å².